The third kappa shape index (κ3) is 5.74. The minimum atomic E-state index is -0.936. The van der Waals surface area contributed by atoms with E-state index in [0.29, 0.717) is 28.3 Å². The topological polar surface area (TPSA) is 73.2 Å². The second-order valence-electron chi connectivity index (χ2n) is 10.2. The van der Waals surface area contributed by atoms with Crippen LogP contribution in [0.5, 0.6) is 5.75 Å². The van der Waals surface area contributed by atoms with Crippen molar-refractivity contribution in [2.75, 3.05) is 19.7 Å². The van der Waals surface area contributed by atoms with Crippen molar-refractivity contribution in [2.24, 2.45) is 0 Å². The fourth-order valence-corrected chi connectivity index (χ4v) is 6.50. The molecule has 3 aromatic carbocycles. The van der Waals surface area contributed by atoms with Gasteiger partial charge in [-0.25, -0.2) is 18.4 Å². The predicted octanol–water partition coefficient (Wildman–Crippen LogP) is 8.26. The molecule has 0 spiro atoms. The van der Waals surface area contributed by atoms with Crippen LogP contribution in [0.25, 0.3) is 16.6 Å². The lowest BCUT2D eigenvalue weighted by atomic mass is 10.2. The highest BCUT2D eigenvalue weighted by atomic mass is 35.5. The molecular formula is C32H28ClF2N3O5S. The van der Waals surface area contributed by atoms with Crippen LogP contribution in [-0.4, -0.2) is 46.6 Å². The van der Waals surface area contributed by atoms with Crippen molar-refractivity contribution in [1.29, 1.82) is 0 Å². The van der Waals surface area contributed by atoms with Gasteiger partial charge in [0, 0.05) is 33.3 Å². The van der Waals surface area contributed by atoms with Gasteiger partial charge in [0.05, 0.1) is 41.2 Å². The average molecular weight is 640 g/mol. The van der Waals surface area contributed by atoms with Crippen molar-refractivity contribution >= 4 is 52.1 Å². The van der Waals surface area contributed by atoms with Gasteiger partial charge in [0.25, 0.3) is 0 Å². The number of aromatic nitrogens is 1. The molecule has 0 atom stereocenters. The maximum absolute atomic E-state index is 15.9. The number of hydrogen-bond donors (Lipinski definition) is 0. The molecule has 0 amide bonds. The number of rotatable bonds is 9. The number of fused-ring (bicyclic) bond motifs is 1. The van der Waals surface area contributed by atoms with Crippen molar-refractivity contribution in [3.05, 3.63) is 94.8 Å². The number of benzene rings is 3. The zero-order valence-electron chi connectivity index (χ0n) is 23.9. The minimum Gasteiger partial charge on any atom is -0.462 e. The molecule has 8 nitrogen and oxygen atoms in total. The van der Waals surface area contributed by atoms with Crippen LogP contribution in [-0.2, 0) is 9.57 Å². The van der Waals surface area contributed by atoms with Crippen molar-refractivity contribution in [3.8, 4) is 5.75 Å². The van der Waals surface area contributed by atoms with E-state index in [0.717, 1.165) is 30.3 Å². The maximum atomic E-state index is 15.9. The molecule has 1 aromatic heterocycles. The van der Waals surface area contributed by atoms with Gasteiger partial charge in [-0.05, 0) is 56.2 Å². The summed E-state index contributed by atoms with van der Waals surface area (Å²) < 4.78 is 43.7. The highest BCUT2D eigenvalue weighted by Gasteiger charge is 2.37. The van der Waals surface area contributed by atoms with Gasteiger partial charge in [-0.3, -0.25) is 4.84 Å². The van der Waals surface area contributed by atoms with Gasteiger partial charge < -0.3 is 14.0 Å². The molecule has 1 saturated carbocycles. The molecule has 1 fully saturated rings. The van der Waals surface area contributed by atoms with Crippen LogP contribution in [0.1, 0.15) is 48.7 Å². The molecular weight excluding hydrogens is 612 g/mol. The molecule has 2 heterocycles. The number of para-hydroxylation sites is 1. The van der Waals surface area contributed by atoms with Crippen LogP contribution in [0, 0.1) is 11.6 Å². The lowest BCUT2D eigenvalue weighted by molar-refractivity contribution is -0.198. The van der Waals surface area contributed by atoms with Gasteiger partial charge >= 0.3 is 12.1 Å². The van der Waals surface area contributed by atoms with Crippen LogP contribution in [0.4, 0.5) is 13.6 Å². The normalized spacial score (nSPS) is 15.0. The first kappa shape index (κ1) is 30.0. The molecule has 6 rings (SSSR count). The molecule has 12 heteroatoms. The molecule has 0 saturated heterocycles. The molecule has 1 aliphatic carbocycles. The Bertz CT molecular complexity index is 1780. The fourth-order valence-electron chi connectivity index (χ4n) is 5.15. The lowest BCUT2D eigenvalue weighted by Crippen LogP contribution is -2.37. The Labute approximate surface area is 261 Å². The van der Waals surface area contributed by atoms with Crippen molar-refractivity contribution in [2.45, 2.75) is 42.4 Å². The SMILES string of the molecule is CCOC(=O)c1cccc(Sc2c(C3CC3)n(C3=CN(OC(=O)Oc4ccccc4)N(CC)C3)c3c(F)c(Cl)ccc23)c1F. The Morgan fingerprint density at radius 2 is 1.77 bits per heavy atom. The van der Waals surface area contributed by atoms with Gasteiger partial charge in [0.2, 0.25) is 0 Å². The number of hydrogen-bond acceptors (Lipinski definition) is 8. The van der Waals surface area contributed by atoms with Crippen LogP contribution >= 0.6 is 23.4 Å². The summed E-state index contributed by atoms with van der Waals surface area (Å²) in [6, 6.07) is 16.3. The number of nitrogens with zero attached hydrogens (tertiary/aromatic N) is 3. The summed E-state index contributed by atoms with van der Waals surface area (Å²) >= 11 is 7.42. The van der Waals surface area contributed by atoms with Crippen LogP contribution in [0.2, 0.25) is 5.02 Å². The smallest absolute Gasteiger partial charge is 0.462 e. The number of halogens is 3. The van der Waals surface area contributed by atoms with E-state index in [9.17, 15) is 9.59 Å². The third-order valence-corrected chi connectivity index (χ3v) is 8.75. The lowest BCUT2D eigenvalue weighted by Gasteiger charge is -2.24. The first-order valence-electron chi connectivity index (χ1n) is 14.2. The summed E-state index contributed by atoms with van der Waals surface area (Å²) in [5.41, 5.74) is 1.48. The Hall–Kier alpha value is -4.06. The first-order valence-corrected chi connectivity index (χ1v) is 15.4. The summed E-state index contributed by atoms with van der Waals surface area (Å²) in [5.74, 6) is -1.67. The second-order valence-corrected chi connectivity index (χ2v) is 11.6. The fraction of sp³-hybridized carbons (Fsp3) is 0.250. The quantitative estimate of drug-likeness (QED) is 0.134. The number of esters is 1. The van der Waals surface area contributed by atoms with Gasteiger partial charge in [-0.1, -0.05) is 54.6 Å². The van der Waals surface area contributed by atoms with E-state index in [1.165, 1.54) is 17.3 Å². The van der Waals surface area contributed by atoms with Gasteiger partial charge in [-0.15, -0.1) is 5.17 Å². The maximum Gasteiger partial charge on any atom is 0.540 e. The Morgan fingerprint density at radius 3 is 2.48 bits per heavy atom. The molecule has 44 heavy (non-hydrogen) atoms. The summed E-state index contributed by atoms with van der Waals surface area (Å²) in [4.78, 5) is 31.4. The van der Waals surface area contributed by atoms with E-state index in [1.807, 2.05) is 6.92 Å². The molecule has 4 aromatic rings. The first-order chi connectivity index (χ1) is 21.3. The van der Waals surface area contributed by atoms with Crippen LogP contribution < -0.4 is 4.74 Å². The monoisotopic (exact) mass is 639 g/mol. The Kier molecular flexibility index (Phi) is 8.53. The molecule has 0 bridgehead atoms. The predicted molar refractivity (Wildman–Crippen MR) is 162 cm³/mol. The standard InChI is InChI=1S/C32H28ClF2N3O5S/c1-3-36-17-20(18-37(36)43-32(40)42-21-9-6-5-7-10-21)38-28(19-13-14-19)30(23-15-16-24(33)27(35)29(23)38)44-25-12-8-11-22(26(25)34)31(39)41-4-2/h5-12,15-16,18-19H,3-4,13-14,17H2,1-2H3. The zero-order valence-corrected chi connectivity index (χ0v) is 25.5. The van der Waals surface area contributed by atoms with E-state index < -0.39 is 23.8 Å². The molecule has 0 N–H and O–H groups in total. The number of likely N-dealkylation sites (N-methyl/N-ethyl adjacent to an activating group) is 1. The number of carbonyl (C=O) groups is 2. The number of hydrazine groups is 1. The minimum absolute atomic E-state index is 0.0591. The Morgan fingerprint density at radius 1 is 1.00 bits per heavy atom. The van der Waals surface area contributed by atoms with Crippen LogP contribution in [0.3, 0.4) is 0 Å². The third-order valence-electron chi connectivity index (χ3n) is 7.29. The summed E-state index contributed by atoms with van der Waals surface area (Å²) in [7, 11) is 0. The highest BCUT2D eigenvalue weighted by molar-refractivity contribution is 7.99. The average Bonchev–Trinajstić information content (AvgIpc) is 3.69. The van der Waals surface area contributed by atoms with Crippen LogP contribution in [0.15, 0.2) is 76.7 Å². The Balaban J connectivity index is 1.43. The zero-order chi connectivity index (χ0) is 31.0. The molecule has 2 aliphatic rings. The summed E-state index contributed by atoms with van der Waals surface area (Å²) in [6.07, 6.45) is 2.39. The molecule has 0 unspecified atom stereocenters. The van der Waals surface area contributed by atoms with Gasteiger partial charge in [-0.2, -0.15) is 5.01 Å². The van der Waals surface area contributed by atoms with Gasteiger partial charge in [0.1, 0.15) is 5.75 Å². The van der Waals surface area contributed by atoms with E-state index in [4.69, 9.17) is 25.9 Å². The second kappa shape index (κ2) is 12.5. The van der Waals surface area contributed by atoms with E-state index >= 15 is 8.78 Å². The largest absolute Gasteiger partial charge is 0.540 e. The summed E-state index contributed by atoms with van der Waals surface area (Å²) in [6.45, 7) is 4.40. The molecule has 228 valence electrons. The number of ether oxygens (including phenoxy) is 2. The number of hydroxylamine groups is 1. The highest BCUT2D eigenvalue weighted by Crippen LogP contribution is 2.52. The van der Waals surface area contributed by atoms with Crippen molar-refractivity contribution in [1.82, 2.24) is 14.7 Å². The molecule has 0 radical (unpaired) electrons. The van der Waals surface area contributed by atoms with E-state index in [-0.39, 0.29) is 40.1 Å². The molecule has 1 aliphatic heterocycles. The van der Waals surface area contributed by atoms with E-state index in [2.05, 4.69) is 0 Å². The van der Waals surface area contributed by atoms with Gasteiger partial charge in [0.15, 0.2) is 11.6 Å². The van der Waals surface area contributed by atoms with Crippen molar-refractivity contribution < 1.29 is 32.7 Å². The van der Waals surface area contributed by atoms with E-state index in [1.54, 1.807) is 71.2 Å². The summed E-state index contributed by atoms with van der Waals surface area (Å²) in [5, 5.41) is 3.52. The number of carbonyl (C=O) groups excluding carboxylic acids is 2. The van der Waals surface area contributed by atoms with Crippen molar-refractivity contribution in [3.63, 3.8) is 0 Å².